The SMILES string of the molecule is Cc1ccc(NCC2CCCNCC2)cc1. The lowest BCUT2D eigenvalue weighted by atomic mass is 10.0. The third-order valence-corrected chi connectivity index (χ3v) is 3.34. The van der Waals surface area contributed by atoms with Gasteiger partial charge in [-0.3, -0.25) is 0 Å². The normalized spacial score (nSPS) is 21.4. The fourth-order valence-electron chi connectivity index (χ4n) is 2.23. The Bertz CT molecular complexity index is 297. The van der Waals surface area contributed by atoms with Gasteiger partial charge in [0.2, 0.25) is 0 Å². The first kappa shape index (κ1) is 11.5. The van der Waals surface area contributed by atoms with Crippen LogP contribution in [0.25, 0.3) is 0 Å². The van der Waals surface area contributed by atoms with Crippen molar-refractivity contribution in [3.05, 3.63) is 29.8 Å². The first-order valence-electron chi connectivity index (χ1n) is 6.36. The average molecular weight is 218 g/mol. The molecule has 0 aliphatic carbocycles. The van der Waals surface area contributed by atoms with Gasteiger partial charge in [-0.05, 0) is 57.3 Å². The van der Waals surface area contributed by atoms with Crippen molar-refractivity contribution in [1.82, 2.24) is 5.32 Å². The summed E-state index contributed by atoms with van der Waals surface area (Å²) in [4.78, 5) is 0. The van der Waals surface area contributed by atoms with Gasteiger partial charge in [-0.1, -0.05) is 17.7 Å². The third kappa shape index (κ3) is 3.53. The Hall–Kier alpha value is -1.02. The maximum atomic E-state index is 3.54. The minimum atomic E-state index is 0.830. The Morgan fingerprint density at radius 1 is 1.19 bits per heavy atom. The van der Waals surface area contributed by atoms with Crippen molar-refractivity contribution in [3.63, 3.8) is 0 Å². The highest BCUT2D eigenvalue weighted by Crippen LogP contribution is 2.15. The van der Waals surface area contributed by atoms with Crippen LogP contribution in [0.5, 0.6) is 0 Å². The van der Waals surface area contributed by atoms with Crippen LogP contribution in [0.1, 0.15) is 24.8 Å². The molecule has 0 saturated carbocycles. The minimum absolute atomic E-state index is 0.830. The highest BCUT2D eigenvalue weighted by molar-refractivity contribution is 5.44. The molecular formula is C14H22N2. The lowest BCUT2D eigenvalue weighted by Gasteiger charge is -2.15. The fourth-order valence-corrected chi connectivity index (χ4v) is 2.23. The molecule has 1 saturated heterocycles. The summed E-state index contributed by atoms with van der Waals surface area (Å²) >= 11 is 0. The van der Waals surface area contributed by atoms with E-state index in [-0.39, 0.29) is 0 Å². The van der Waals surface area contributed by atoms with E-state index in [0.29, 0.717) is 0 Å². The minimum Gasteiger partial charge on any atom is -0.385 e. The Balaban J connectivity index is 1.79. The zero-order valence-electron chi connectivity index (χ0n) is 10.1. The van der Waals surface area contributed by atoms with Crippen LogP contribution < -0.4 is 10.6 Å². The van der Waals surface area contributed by atoms with E-state index in [9.17, 15) is 0 Å². The van der Waals surface area contributed by atoms with Crippen LogP contribution in [0.4, 0.5) is 5.69 Å². The van der Waals surface area contributed by atoms with Gasteiger partial charge in [0, 0.05) is 12.2 Å². The van der Waals surface area contributed by atoms with Gasteiger partial charge in [-0.25, -0.2) is 0 Å². The van der Waals surface area contributed by atoms with E-state index >= 15 is 0 Å². The van der Waals surface area contributed by atoms with Crippen LogP contribution in [0.2, 0.25) is 0 Å². The summed E-state index contributed by atoms with van der Waals surface area (Å²) in [5.74, 6) is 0.830. The molecular weight excluding hydrogens is 196 g/mol. The molecule has 1 atom stereocenters. The molecule has 1 aliphatic heterocycles. The monoisotopic (exact) mass is 218 g/mol. The number of benzene rings is 1. The van der Waals surface area contributed by atoms with Gasteiger partial charge >= 0.3 is 0 Å². The maximum absolute atomic E-state index is 3.54. The van der Waals surface area contributed by atoms with Gasteiger partial charge in [0.25, 0.3) is 0 Å². The van der Waals surface area contributed by atoms with Crippen molar-refractivity contribution in [2.24, 2.45) is 5.92 Å². The van der Waals surface area contributed by atoms with Crippen LogP contribution in [-0.4, -0.2) is 19.6 Å². The first-order valence-corrected chi connectivity index (χ1v) is 6.36. The Kier molecular flexibility index (Phi) is 4.23. The summed E-state index contributed by atoms with van der Waals surface area (Å²) in [6.07, 6.45) is 3.98. The smallest absolute Gasteiger partial charge is 0.0340 e. The Morgan fingerprint density at radius 2 is 2.00 bits per heavy atom. The first-order chi connectivity index (χ1) is 7.84. The van der Waals surface area contributed by atoms with Crippen LogP contribution in [0.3, 0.4) is 0 Å². The predicted octanol–water partition coefficient (Wildman–Crippen LogP) is 2.80. The molecule has 1 aliphatic rings. The Morgan fingerprint density at radius 3 is 2.81 bits per heavy atom. The van der Waals surface area contributed by atoms with Gasteiger partial charge in [-0.2, -0.15) is 0 Å². The molecule has 88 valence electrons. The zero-order chi connectivity index (χ0) is 11.2. The molecule has 1 fully saturated rings. The average Bonchev–Trinajstić information content (AvgIpc) is 2.57. The predicted molar refractivity (Wildman–Crippen MR) is 69.9 cm³/mol. The number of hydrogen-bond acceptors (Lipinski definition) is 2. The number of nitrogens with one attached hydrogen (secondary N) is 2. The number of hydrogen-bond donors (Lipinski definition) is 2. The van der Waals surface area contributed by atoms with E-state index in [2.05, 4.69) is 41.8 Å². The highest BCUT2D eigenvalue weighted by Gasteiger charge is 2.11. The van der Waals surface area contributed by atoms with E-state index in [1.165, 1.54) is 43.6 Å². The molecule has 0 amide bonds. The molecule has 1 heterocycles. The van der Waals surface area contributed by atoms with Crippen molar-refractivity contribution in [2.75, 3.05) is 25.0 Å². The van der Waals surface area contributed by atoms with Gasteiger partial charge in [0.1, 0.15) is 0 Å². The molecule has 2 nitrogen and oxygen atoms in total. The third-order valence-electron chi connectivity index (χ3n) is 3.34. The van der Waals surface area contributed by atoms with Gasteiger partial charge in [-0.15, -0.1) is 0 Å². The summed E-state index contributed by atoms with van der Waals surface area (Å²) in [7, 11) is 0. The van der Waals surface area contributed by atoms with E-state index in [0.717, 1.165) is 12.5 Å². The van der Waals surface area contributed by atoms with Crippen molar-refractivity contribution in [3.8, 4) is 0 Å². The summed E-state index contributed by atoms with van der Waals surface area (Å²) in [6, 6.07) is 8.67. The second-order valence-corrected chi connectivity index (χ2v) is 4.79. The summed E-state index contributed by atoms with van der Waals surface area (Å²) in [5.41, 5.74) is 2.58. The van der Waals surface area contributed by atoms with Crippen LogP contribution >= 0.6 is 0 Å². The maximum Gasteiger partial charge on any atom is 0.0340 e. The summed E-state index contributed by atoms with van der Waals surface area (Å²) in [6.45, 7) is 5.62. The summed E-state index contributed by atoms with van der Waals surface area (Å²) < 4.78 is 0. The van der Waals surface area contributed by atoms with Crippen molar-refractivity contribution < 1.29 is 0 Å². The van der Waals surface area contributed by atoms with Gasteiger partial charge in [0.15, 0.2) is 0 Å². The second-order valence-electron chi connectivity index (χ2n) is 4.79. The molecule has 0 spiro atoms. The molecule has 0 bridgehead atoms. The Labute approximate surface area is 98.4 Å². The lowest BCUT2D eigenvalue weighted by molar-refractivity contribution is 0.496. The molecule has 2 rings (SSSR count). The fraction of sp³-hybridized carbons (Fsp3) is 0.571. The topological polar surface area (TPSA) is 24.1 Å². The van der Waals surface area contributed by atoms with E-state index < -0.39 is 0 Å². The van der Waals surface area contributed by atoms with Crippen LogP contribution in [0, 0.1) is 12.8 Å². The summed E-state index contributed by atoms with van der Waals surface area (Å²) in [5, 5.41) is 7.00. The quantitative estimate of drug-likeness (QED) is 0.815. The number of rotatable bonds is 3. The molecule has 0 radical (unpaired) electrons. The molecule has 2 N–H and O–H groups in total. The van der Waals surface area contributed by atoms with Crippen molar-refractivity contribution in [1.29, 1.82) is 0 Å². The highest BCUT2D eigenvalue weighted by atomic mass is 14.9. The zero-order valence-corrected chi connectivity index (χ0v) is 10.1. The molecule has 1 unspecified atom stereocenters. The van der Waals surface area contributed by atoms with Gasteiger partial charge < -0.3 is 10.6 Å². The van der Waals surface area contributed by atoms with Gasteiger partial charge in [0.05, 0.1) is 0 Å². The second kappa shape index (κ2) is 5.90. The molecule has 16 heavy (non-hydrogen) atoms. The number of aryl methyl sites for hydroxylation is 1. The van der Waals surface area contributed by atoms with E-state index in [1.54, 1.807) is 0 Å². The van der Waals surface area contributed by atoms with E-state index in [4.69, 9.17) is 0 Å². The molecule has 2 heteroatoms. The van der Waals surface area contributed by atoms with Crippen LogP contribution in [0.15, 0.2) is 24.3 Å². The van der Waals surface area contributed by atoms with E-state index in [1.807, 2.05) is 0 Å². The standard InChI is InChI=1S/C14H22N2/c1-12-4-6-14(7-5-12)16-11-13-3-2-9-15-10-8-13/h4-7,13,15-16H,2-3,8-11H2,1H3. The lowest BCUT2D eigenvalue weighted by Crippen LogP contribution is -2.17. The largest absolute Gasteiger partial charge is 0.385 e. The number of anilines is 1. The molecule has 1 aromatic rings. The molecule has 1 aromatic carbocycles. The molecule has 0 aromatic heterocycles. The van der Waals surface area contributed by atoms with Crippen molar-refractivity contribution in [2.45, 2.75) is 26.2 Å². The van der Waals surface area contributed by atoms with Crippen LogP contribution in [-0.2, 0) is 0 Å². The van der Waals surface area contributed by atoms with Crippen molar-refractivity contribution >= 4 is 5.69 Å².